The van der Waals surface area contributed by atoms with Gasteiger partial charge in [0, 0.05) is 18.5 Å². The van der Waals surface area contributed by atoms with Crippen LogP contribution in [0.2, 0.25) is 0 Å². The lowest BCUT2D eigenvalue weighted by atomic mass is 9.98. The van der Waals surface area contributed by atoms with Crippen molar-refractivity contribution in [1.82, 2.24) is 15.1 Å². The summed E-state index contributed by atoms with van der Waals surface area (Å²) in [7, 11) is 4.08. The van der Waals surface area contributed by atoms with E-state index in [0.717, 1.165) is 18.8 Å². The SMILES string of the molecule is CNC(CCc1nn(C)c2ccccc12)CC(C)C. The van der Waals surface area contributed by atoms with Crippen molar-refractivity contribution in [3.05, 3.63) is 30.0 Å². The molecule has 0 fully saturated rings. The Bertz CT molecular complexity index is 528. The third-order valence-electron chi connectivity index (χ3n) is 3.73. The molecular weight excluding hydrogens is 234 g/mol. The van der Waals surface area contributed by atoms with Crippen molar-refractivity contribution in [2.75, 3.05) is 7.05 Å². The normalized spacial score (nSPS) is 13.3. The second kappa shape index (κ2) is 6.20. The maximum Gasteiger partial charge on any atom is 0.0703 e. The molecule has 19 heavy (non-hydrogen) atoms. The van der Waals surface area contributed by atoms with E-state index in [2.05, 4.69) is 55.6 Å². The van der Waals surface area contributed by atoms with E-state index in [1.54, 1.807) is 0 Å². The minimum atomic E-state index is 0.584. The van der Waals surface area contributed by atoms with Gasteiger partial charge in [0.2, 0.25) is 0 Å². The summed E-state index contributed by atoms with van der Waals surface area (Å²) in [6.45, 7) is 4.56. The molecule has 1 N–H and O–H groups in total. The first-order valence-corrected chi connectivity index (χ1v) is 7.19. The number of nitrogens with one attached hydrogen (secondary N) is 1. The minimum absolute atomic E-state index is 0.584. The van der Waals surface area contributed by atoms with Gasteiger partial charge >= 0.3 is 0 Å². The Labute approximate surface area is 116 Å². The van der Waals surface area contributed by atoms with Crippen LogP contribution in [0.4, 0.5) is 0 Å². The minimum Gasteiger partial charge on any atom is -0.317 e. The highest BCUT2D eigenvalue weighted by Gasteiger charge is 2.12. The van der Waals surface area contributed by atoms with E-state index in [-0.39, 0.29) is 0 Å². The van der Waals surface area contributed by atoms with Gasteiger partial charge in [-0.05, 0) is 38.3 Å². The first-order chi connectivity index (χ1) is 9.11. The van der Waals surface area contributed by atoms with Gasteiger partial charge in [-0.25, -0.2) is 0 Å². The highest BCUT2D eigenvalue weighted by Crippen LogP contribution is 2.20. The number of hydrogen-bond acceptors (Lipinski definition) is 2. The van der Waals surface area contributed by atoms with Gasteiger partial charge in [-0.2, -0.15) is 5.10 Å². The van der Waals surface area contributed by atoms with E-state index in [1.807, 2.05) is 11.7 Å². The summed E-state index contributed by atoms with van der Waals surface area (Å²) >= 11 is 0. The number of hydrogen-bond donors (Lipinski definition) is 1. The van der Waals surface area contributed by atoms with Crippen molar-refractivity contribution in [2.24, 2.45) is 13.0 Å². The van der Waals surface area contributed by atoms with E-state index in [0.29, 0.717) is 6.04 Å². The molecule has 1 heterocycles. The van der Waals surface area contributed by atoms with Gasteiger partial charge in [-0.3, -0.25) is 4.68 Å². The lowest BCUT2D eigenvalue weighted by molar-refractivity contribution is 0.420. The topological polar surface area (TPSA) is 29.9 Å². The first-order valence-electron chi connectivity index (χ1n) is 7.19. The molecule has 3 heteroatoms. The smallest absolute Gasteiger partial charge is 0.0703 e. The molecule has 104 valence electrons. The molecular formula is C16H25N3. The quantitative estimate of drug-likeness (QED) is 0.863. The zero-order valence-corrected chi connectivity index (χ0v) is 12.5. The lowest BCUT2D eigenvalue weighted by Crippen LogP contribution is -2.27. The number of aryl methyl sites for hydroxylation is 2. The molecule has 0 saturated carbocycles. The highest BCUT2D eigenvalue weighted by molar-refractivity contribution is 5.81. The van der Waals surface area contributed by atoms with E-state index >= 15 is 0 Å². The van der Waals surface area contributed by atoms with Crippen molar-refractivity contribution in [3.8, 4) is 0 Å². The molecule has 2 rings (SSSR count). The Balaban J connectivity index is 2.09. The van der Waals surface area contributed by atoms with Gasteiger partial charge in [-0.1, -0.05) is 32.0 Å². The third-order valence-corrected chi connectivity index (χ3v) is 3.73. The maximum absolute atomic E-state index is 4.66. The Kier molecular flexibility index (Phi) is 4.59. The summed E-state index contributed by atoms with van der Waals surface area (Å²) in [6, 6.07) is 9.06. The van der Waals surface area contributed by atoms with E-state index in [9.17, 15) is 0 Å². The number of fused-ring (bicyclic) bond motifs is 1. The summed E-state index contributed by atoms with van der Waals surface area (Å²) < 4.78 is 1.99. The van der Waals surface area contributed by atoms with Crippen LogP contribution in [-0.2, 0) is 13.5 Å². The van der Waals surface area contributed by atoms with Crippen LogP contribution in [0.1, 0.15) is 32.4 Å². The lowest BCUT2D eigenvalue weighted by Gasteiger charge is -2.17. The predicted molar refractivity (Wildman–Crippen MR) is 81.3 cm³/mol. The van der Waals surface area contributed by atoms with Crippen LogP contribution in [0.3, 0.4) is 0 Å². The van der Waals surface area contributed by atoms with Crippen molar-refractivity contribution in [3.63, 3.8) is 0 Å². The van der Waals surface area contributed by atoms with Crippen LogP contribution in [0.15, 0.2) is 24.3 Å². The van der Waals surface area contributed by atoms with Crippen LogP contribution in [-0.4, -0.2) is 22.9 Å². The molecule has 1 unspecified atom stereocenters. The average molecular weight is 259 g/mol. The maximum atomic E-state index is 4.66. The fourth-order valence-corrected chi connectivity index (χ4v) is 2.73. The second-order valence-corrected chi connectivity index (χ2v) is 5.74. The fraction of sp³-hybridized carbons (Fsp3) is 0.562. The van der Waals surface area contributed by atoms with Gasteiger partial charge in [0.15, 0.2) is 0 Å². The standard InChI is InChI=1S/C16H25N3/c1-12(2)11-13(17-3)9-10-15-14-7-5-6-8-16(14)19(4)18-15/h5-8,12-13,17H,9-11H2,1-4H3. The zero-order chi connectivity index (χ0) is 13.8. The molecule has 1 atom stereocenters. The van der Waals surface area contributed by atoms with Crippen LogP contribution in [0, 0.1) is 5.92 Å². The average Bonchev–Trinajstić information content (AvgIpc) is 2.72. The molecule has 2 aromatic rings. The van der Waals surface area contributed by atoms with Crippen molar-refractivity contribution >= 4 is 10.9 Å². The van der Waals surface area contributed by atoms with Crippen LogP contribution in [0.5, 0.6) is 0 Å². The Hall–Kier alpha value is -1.35. The summed E-state index contributed by atoms with van der Waals surface area (Å²) in [5.41, 5.74) is 2.45. The van der Waals surface area contributed by atoms with Gasteiger partial charge in [-0.15, -0.1) is 0 Å². The highest BCUT2D eigenvalue weighted by atomic mass is 15.3. The van der Waals surface area contributed by atoms with Crippen molar-refractivity contribution in [1.29, 1.82) is 0 Å². The number of aromatic nitrogens is 2. The zero-order valence-electron chi connectivity index (χ0n) is 12.5. The monoisotopic (exact) mass is 259 g/mol. The summed E-state index contributed by atoms with van der Waals surface area (Å²) in [5.74, 6) is 0.734. The fourth-order valence-electron chi connectivity index (χ4n) is 2.73. The predicted octanol–water partition coefficient (Wildman–Crippen LogP) is 3.14. The van der Waals surface area contributed by atoms with Crippen LogP contribution >= 0.6 is 0 Å². The van der Waals surface area contributed by atoms with Crippen molar-refractivity contribution in [2.45, 2.75) is 39.2 Å². The van der Waals surface area contributed by atoms with Crippen LogP contribution < -0.4 is 5.32 Å². The molecule has 0 radical (unpaired) electrons. The summed E-state index contributed by atoms with van der Waals surface area (Å²) in [5, 5.41) is 9.38. The Morgan fingerprint density at radius 1 is 1.26 bits per heavy atom. The van der Waals surface area contributed by atoms with E-state index in [1.165, 1.54) is 23.0 Å². The number of benzene rings is 1. The molecule has 1 aromatic carbocycles. The van der Waals surface area contributed by atoms with Gasteiger partial charge in [0.25, 0.3) is 0 Å². The van der Waals surface area contributed by atoms with Gasteiger partial charge in [0.05, 0.1) is 11.2 Å². The van der Waals surface area contributed by atoms with E-state index < -0.39 is 0 Å². The molecule has 0 saturated heterocycles. The molecule has 0 aliphatic rings. The second-order valence-electron chi connectivity index (χ2n) is 5.74. The third kappa shape index (κ3) is 3.35. The molecule has 0 bridgehead atoms. The molecule has 1 aromatic heterocycles. The molecule has 0 amide bonds. The van der Waals surface area contributed by atoms with Gasteiger partial charge in [0.1, 0.15) is 0 Å². The Morgan fingerprint density at radius 2 is 2.00 bits per heavy atom. The Morgan fingerprint density at radius 3 is 2.68 bits per heavy atom. The number of para-hydroxylation sites is 1. The first kappa shape index (κ1) is 14.1. The van der Waals surface area contributed by atoms with Crippen LogP contribution in [0.25, 0.3) is 10.9 Å². The number of nitrogens with zero attached hydrogens (tertiary/aromatic N) is 2. The molecule has 0 aliphatic heterocycles. The van der Waals surface area contributed by atoms with Gasteiger partial charge < -0.3 is 5.32 Å². The molecule has 0 aliphatic carbocycles. The summed E-state index contributed by atoms with van der Waals surface area (Å²) in [4.78, 5) is 0. The van der Waals surface area contributed by atoms with Crippen molar-refractivity contribution < 1.29 is 0 Å². The summed E-state index contributed by atoms with van der Waals surface area (Å²) in [6.07, 6.45) is 3.41. The van der Waals surface area contributed by atoms with E-state index in [4.69, 9.17) is 0 Å². The molecule has 3 nitrogen and oxygen atoms in total. The largest absolute Gasteiger partial charge is 0.317 e. The number of rotatable bonds is 6. The molecule has 0 spiro atoms.